The molecule has 2 aromatic rings. The highest BCUT2D eigenvalue weighted by Gasteiger charge is 2.60. The van der Waals surface area contributed by atoms with Gasteiger partial charge < -0.3 is 15.0 Å². The highest BCUT2D eigenvalue weighted by atomic mass is 32.1. The van der Waals surface area contributed by atoms with Crippen LogP contribution < -0.4 is 10.6 Å². The molecule has 3 amide bonds. The summed E-state index contributed by atoms with van der Waals surface area (Å²) in [6.07, 6.45) is 1.11. The summed E-state index contributed by atoms with van der Waals surface area (Å²) in [5, 5.41) is 7.00. The smallest absolute Gasteiger partial charge is 0.410 e. The Labute approximate surface area is 214 Å². The number of hydroxylamine groups is 2. The third-order valence-corrected chi connectivity index (χ3v) is 6.20. The van der Waals surface area contributed by atoms with Gasteiger partial charge in [0.15, 0.2) is 0 Å². The number of carbonyl (C=O) groups is 3. The van der Waals surface area contributed by atoms with Crippen molar-refractivity contribution in [2.75, 3.05) is 25.0 Å². The van der Waals surface area contributed by atoms with Crippen LogP contribution in [0.2, 0.25) is 0 Å². The number of benzene rings is 1. The minimum Gasteiger partial charge on any atom is -0.444 e. The van der Waals surface area contributed by atoms with Crippen LogP contribution in [-0.4, -0.2) is 63.3 Å². The first-order valence-electron chi connectivity index (χ1n) is 11.5. The molecule has 11 heteroatoms. The van der Waals surface area contributed by atoms with E-state index in [1.54, 1.807) is 68.3 Å². The SMILES string of the molecule is CC(=O)Nc1ccnc(C23CN(C(=O)OC(C)(C)C)CC2CON3C(=S)NC(=O)c2ccccc2)c1. The second kappa shape index (κ2) is 9.82. The highest BCUT2D eigenvalue weighted by molar-refractivity contribution is 7.80. The van der Waals surface area contributed by atoms with Crippen LogP contribution in [0.25, 0.3) is 0 Å². The number of nitrogens with zero attached hydrogens (tertiary/aromatic N) is 3. The zero-order valence-corrected chi connectivity index (χ0v) is 21.4. The number of ether oxygens (including phenoxy) is 1. The van der Waals surface area contributed by atoms with Gasteiger partial charge in [0.1, 0.15) is 11.1 Å². The Balaban J connectivity index is 1.68. The molecule has 1 aromatic heterocycles. The van der Waals surface area contributed by atoms with Crippen LogP contribution in [0.1, 0.15) is 43.7 Å². The van der Waals surface area contributed by atoms with Gasteiger partial charge in [0.2, 0.25) is 11.0 Å². The molecule has 2 aliphatic heterocycles. The van der Waals surface area contributed by atoms with Crippen molar-refractivity contribution in [1.29, 1.82) is 0 Å². The lowest BCUT2D eigenvalue weighted by molar-refractivity contribution is -0.114. The minimum atomic E-state index is -1.01. The summed E-state index contributed by atoms with van der Waals surface area (Å²) in [6.45, 7) is 7.57. The first-order valence-corrected chi connectivity index (χ1v) is 12.0. The highest BCUT2D eigenvalue weighted by Crippen LogP contribution is 2.47. The molecular weight excluding hydrogens is 482 g/mol. The topological polar surface area (TPSA) is 113 Å². The van der Waals surface area contributed by atoms with Gasteiger partial charge in [0.25, 0.3) is 5.91 Å². The fourth-order valence-corrected chi connectivity index (χ4v) is 4.77. The third kappa shape index (κ3) is 5.17. The number of nitrogens with one attached hydrogen (secondary N) is 2. The van der Waals surface area contributed by atoms with Gasteiger partial charge in [0, 0.05) is 36.8 Å². The molecule has 3 heterocycles. The van der Waals surface area contributed by atoms with E-state index in [1.165, 1.54) is 12.0 Å². The lowest BCUT2D eigenvalue weighted by Crippen LogP contribution is -2.54. The Kier molecular flexibility index (Phi) is 6.96. The maximum atomic E-state index is 13.0. The number of pyridine rings is 1. The van der Waals surface area contributed by atoms with Crippen LogP contribution in [-0.2, 0) is 19.9 Å². The first kappa shape index (κ1) is 25.5. The summed E-state index contributed by atoms with van der Waals surface area (Å²) in [6, 6.07) is 12.1. The number of anilines is 1. The van der Waals surface area contributed by atoms with Crippen molar-refractivity contribution < 1.29 is 24.0 Å². The Morgan fingerprint density at radius 1 is 1.19 bits per heavy atom. The van der Waals surface area contributed by atoms with Crippen molar-refractivity contribution in [2.45, 2.75) is 38.8 Å². The molecule has 2 N–H and O–H groups in total. The summed E-state index contributed by atoms with van der Waals surface area (Å²) in [5.74, 6) is -0.838. The van der Waals surface area contributed by atoms with Gasteiger partial charge in [-0.1, -0.05) is 18.2 Å². The first-order chi connectivity index (χ1) is 17.0. The number of carbonyl (C=O) groups excluding carboxylic acids is 3. The molecule has 10 nitrogen and oxygen atoms in total. The number of hydrogen-bond acceptors (Lipinski definition) is 7. The van der Waals surface area contributed by atoms with Gasteiger partial charge in [-0.25, -0.2) is 9.86 Å². The van der Waals surface area contributed by atoms with E-state index >= 15 is 0 Å². The number of rotatable bonds is 3. The van der Waals surface area contributed by atoms with Gasteiger partial charge in [-0.2, -0.15) is 0 Å². The molecule has 0 bridgehead atoms. The Bertz CT molecular complexity index is 1180. The van der Waals surface area contributed by atoms with Crippen molar-refractivity contribution in [3.63, 3.8) is 0 Å². The quantitative estimate of drug-likeness (QED) is 0.605. The monoisotopic (exact) mass is 511 g/mol. The molecule has 190 valence electrons. The van der Waals surface area contributed by atoms with Crippen molar-refractivity contribution in [2.24, 2.45) is 5.92 Å². The molecule has 0 radical (unpaired) electrons. The number of hydrogen-bond donors (Lipinski definition) is 2. The average Bonchev–Trinajstić information content (AvgIpc) is 3.35. The van der Waals surface area contributed by atoms with Gasteiger partial charge in [0.05, 0.1) is 18.8 Å². The van der Waals surface area contributed by atoms with Crippen LogP contribution in [0.5, 0.6) is 0 Å². The zero-order valence-electron chi connectivity index (χ0n) is 20.6. The summed E-state index contributed by atoms with van der Waals surface area (Å²) in [5.41, 5.74) is -0.147. The predicted molar refractivity (Wildman–Crippen MR) is 136 cm³/mol. The minimum absolute atomic E-state index is 0.0455. The molecule has 0 saturated carbocycles. The van der Waals surface area contributed by atoms with Gasteiger partial charge >= 0.3 is 6.09 Å². The fraction of sp³-hybridized carbons (Fsp3) is 0.400. The number of fused-ring (bicyclic) bond motifs is 1. The largest absolute Gasteiger partial charge is 0.444 e. The molecule has 2 saturated heterocycles. The number of likely N-dealkylation sites (tertiary alicyclic amines) is 1. The van der Waals surface area contributed by atoms with Gasteiger partial charge in [-0.15, -0.1) is 0 Å². The van der Waals surface area contributed by atoms with Crippen LogP contribution in [0.3, 0.4) is 0 Å². The molecule has 0 spiro atoms. The van der Waals surface area contributed by atoms with E-state index in [0.717, 1.165) is 0 Å². The average molecular weight is 512 g/mol. The molecule has 2 fully saturated rings. The maximum Gasteiger partial charge on any atom is 0.410 e. The van der Waals surface area contributed by atoms with E-state index < -0.39 is 17.2 Å². The molecule has 2 atom stereocenters. The molecule has 1 aromatic carbocycles. The summed E-state index contributed by atoms with van der Waals surface area (Å²) < 4.78 is 5.61. The van der Waals surface area contributed by atoms with E-state index in [-0.39, 0.29) is 36.0 Å². The second-order valence-electron chi connectivity index (χ2n) is 9.81. The van der Waals surface area contributed by atoms with Crippen molar-refractivity contribution in [3.05, 3.63) is 59.9 Å². The van der Waals surface area contributed by atoms with Crippen LogP contribution in [0.4, 0.5) is 10.5 Å². The fourth-order valence-electron chi connectivity index (χ4n) is 4.46. The van der Waals surface area contributed by atoms with Crippen molar-refractivity contribution >= 4 is 40.9 Å². The zero-order chi connectivity index (χ0) is 26.1. The summed E-state index contributed by atoms with van der Waals surface area (Å²) >= 11 is 5.62. The number of aromatic nitrogens is 1. The Hall–Kier alpha value is -3.57. The van der Waals surface area contributed by atoms with Crippen LogP contribution in [0, 0.1) is 5.92 Å². The number of amides is 3. The second-order valence-corrected chi connectivity index (χ2v) is 10.2. The third-order valence-electron chi connectivity index (χ3n) is 5.93. The van der Waals surface area contributed by atoms with Crippen LogP contribution >= 0.6 is 12.2 Å². The standard InChI is InChI=1S/C25H29N5O5S/c1-16(31)27-19-10-11-26-20(12-19)25-15-29(23(33)35-24(2,3)4)13-18(25)14-34-30(25)22(36)28-21(32)17-8-6-5-7-9-17/h5-12,18H,13-15H2,1-4H3,(H,26,27,31)(H,28,32,36). The van der Waals surface area contributed by atoms with Gasteiger partial charge in [-0.05, 0) is 57.3 Å². The summed E-state index contributed by atoms with van der Waals surface area (Å²) in [4.78, 5) is 49.6. The van der Waals surface area contributed by atoms with Crippen molar-refractivity contribution in [3.8, 4) is 0 Å². The van der Waals surface area contributed by atoms with E-state index in [0.29, 0.717) is 23.5 Å². The lowest BCUT2D eigenvalue weighted by atomic mass is 9.84. The molecule has 2 unspecified atom stereocenters. The van der Waals surface area contributed by atoms with E-state index in [1.807, 2.05) is 6.07 Å². The molecular formula is C25H29N5O5S. The normalized spacial score (nSPS) is 21.1. The molecule has 36 heavy (non-hydrogen) atoms. The Morgan fingerprint density at radius 3 is 2.58 bits per heavy atom. The van der Waals surface area contributed by atoms with E-state index in [2.05, 4.69) is 15.6 Å². The molecule has 0 aliphatic carbocycles. The van der Waals surface area contributed by atoms with Crippen LogP contribution in [0.15, 0.2) is 48.7 Å². The molecule has 4 rings (SSSR count). The summed E-state index contributed by atoms with van der Waals surface area (Å²) in [7, 11) is 0. The van der Waals surface area contributed by atoms with E-state index in [9.17, 15) is 14.4 Å². The lowest BCUT2D eigenvalue weighted by Gasteiger charge is -2.37. The van der Waals surface area contributed by atoms with Crippen molar-refractivity contribution in [1.82, 2.24) is 20.3 Å². The van der Waals surface area contributed by atoms with E-state index in [4.69, 9.17) is 21.8 Å². The predicted octanol–water partition coefficient (Wildman–Crippen LogP) is 3.06. The molecule has 2 aliphatic rings. The van der Waals surface area contributed by atoms with Gasteiger partial charge in [-0.3, -0.25) is 24.7 Å². The maximum absolute atomic E-state index is 13.0. The Morgan fingerprint density at radius 2 is 1.92 bits per heavy atom. The number of thiocarbonyl (C=S) groups is 1.